The summed E-state index contributed by atoms with van der Waals surface area (Å²) >= 11 is 1.35. The maximum absolute atomic E-state index is 11.6. The van der Waals surface area contributed by atoms with Gasteiger partial charge in [-0.25, -0.2) is 15.4 Å². The summed E-state index contributed by atoms with van der Waals surface area (Å²) in [5, 5.41) is 4.68. The van der Waals surface area contributed by atoms with Crippen molar-refractivity contribution in [2.24, 2.45) is 5.10 Å². The molecule has 0 saturated carbocycles. The second-order valence-corrected chi connectivity index (χ2v) is 4.99. The fraction of sp³-hybridized carbons (Fsp3) is 0.143. The van der Waals surface area contributed by atoms with Gasteiger partial charge >= 0.3 is 0 Å². The number of hydrogen-bond donors (Lipinski definition) is 1. The zero-order valence-electron chi connectivity index (χ0n) is 11.0. The Morgan fingerprint density at radius 1 is 1.35 bits per heavy atom. The second-order valence-electron chi connectivity index (χ2n) is 3.99. The van der Waals surface area contributed by atoms with E-state index >= 15 is 0 Å². The van der Waals surface area contributed by atoms with Gasteiger partial charge in [0.15, 0.2) is 0 Å². The summed E-state index contributed by atoms with van der Waals surface area (Å²) < 4.78 is 0. The predicted octanol–water partition coefficient (Wildman–Crippen LogP) is 2.03. The minimum atomic E-state index is -0.168. The smallest absolute Gasteiger partial charge is 0.250 e. The Morgan fingerprint density at radius 2 is 2.15 bits per heavy atom. The van der Waals surface area contributed by atoms with E-state index in [0.717, 1.165) is 16.3 Å². The lowest BCUT2D eigenvalue weighted by Gasteiger charge is -2.00. The highest BCUT2D eigenvalue weighted by Crippen LogP contribution is 2.14. The summed E-state index contributed by atoms with van der Waals surface area (Å²) in [5.74, 6) is 0.0983. The number of nitrogens with zero attached hydrogens (tertiary/aromatic N) is 3. The molecule has 0 saturated heterocycles. The molecule has 5 nitrogen and oxygen atoms in total. The van der Waals surface area contributed by atoms with Crippen LogP contribution in [0.2, 0.25) is 0 Å². The van der Waals surface area contributed by atoms with E-state index < -0.39 is 0 Å². The first-order chi connectivity index (χ1) is 9.74. The van der Waals surface area contributed by atoms with Crippen LogP contribution in [0.5, 0.6) is 0 Å². The molecule has 0 aliphatic carbocycles. The number of carbonyl (C=O) groups excluding carboxylic acids is 1. The molecule has 0 unspecified atom stereocenters. The highest BCUT2D eigenvalue weighted by molar-refractivity contribution is 7.99. The predicted molar refractivity (Wildman–Crippen MR) is 79.7 cm³/mol. The van der Waals surface area contributed by atoms with Gasteiger partial charge < -0.3 is 0 Å². The Labute approximate surface area is 121 Å². The fourth-order valence-electron chi connectivity index (χ4n) is 1.40. The molecular formula is C14H14N4OS. The zero-order chi connectivity index (χ0) is 14.2. The molecule has 1 aromatic carbocycles. The molecule has 6 heteroatoms. The van der Waals surface area contributed by atoms with Crippen LogP contribution in [0.25, 0.3) is 0 Å². The summed E-state index contributed by atoms with van der Waals surface area (Å²) in [5.41, 5.74) is 4.30. The highest BCUT2D eigenvalue weighted by Gasteiger charge is 2.02. The van der Waals surface area contributed by atoms with Crippen LogP contribution in [-0.2, 0) is 4.79 Å². The van der Waals surface area contributed by atoms with Crippen molar-refractivity contribution in [2.75, 3.05) is 5.75 Å². The summed E-state index contributed by atoms with van der Waals surface area (Å²) in [6.45, 7) is 1.88. The number of hydrogen-bond acceptors (Lipinski definition) is 5. The lowest BCUT2D eigenvalue weighted by molar-refractivity contribution is -0.118. The number of amides is 1. The SMILES string of the molecule is Cc1cc(SCC(=O)N/N=C\c2ccccc2)ncn1. The number of carbonyl (C=O) groups is 1. The normalized spacial score (nSPS) is 10.7. The van der Waals surface area contributed by atoms with Gasteiger partial charge in [-0.15, -0.1) is 0 Å². The van der Waals surface area contributed by atoms with Crippen LogP contribution in [0.3, 0.4) is 0 Å². The largest absolute Gasteiger partial charge is 0.272 e. The lowest BCUT2D eigenvalue weighted by Crippen LogP contribution is -2.19. The van der Waals surface area contributed by atoms with Crippen molar-refractivity contribution < 1.29 is 4.79 Å². The second kappa shape index (κ2) is 7.40. The van der Waals surface area contributed by atoms with Gasteiger partial charge in [0.25, 0.3) is 0 Å². The molecule has 0 fully saturated rings. The van der Waals surface area contributed by atoms with E-state index in [9.17, 15) is 4.79 Å². The first-order valence-electron chi connectivity index (χ1n) is 6.02. The summed E-state index contributed by atoms with van der Waals surface area (Å²) in [7, 11) is 0. The molecule has 0 aliphatic heterocycles. The molecule has 20 heavy (non-hydrogen) atoms. The van der Waals surface area contributed by atoms with Crippen molar-refractivity contribution in [3.63, 3.8) is 0 Å². The van der Waals surface area contributed by atoms with Crippen LogP contribution in [0.1, 0.15) is 11.3 Å². The van der Waals surface area contributed by atoms with Gasteiger partial charge in [-0.3, -0.25) is 4.79 Å². The molecule has 0 atom stereocenters. The van der Waals surface area contributed by atoms with Gasteiger partial charge in [-0.05, 0) is 18.6 Å². The molecule has 0 bridgehead atoms. The average Bonchev–Trinajstić information content (AvgIpc) is 2.46. The van der Waals surface area contributed by atoms with Crippen molar-refractivity contribution in [3.05, 3.63) is 54.0 Å². The third kappa shape index (κ3) is 4.81. The van der Waals surface area contributed by atoms with Crippen molar-refractivity contribution in [1.82, 2.24) is 15.4 Å². The first kappa shape index (κ1) is 14.2. The number of thioether (sulfide) groups is 1. The lowest BCUT2D eigenvalue weighted by atomic mass is 10.2. The summed E-state index contributed by atoms with van der Waals surface area (Å²) in [4.78, 5) is 19.7. The Kier molecular flexibility index (Phi) is 5.25. The number of aryl methyl sites for hydroxylation is 1. The van der Waals surface area contributed by atoms with Gasteiger partial charge in [0.2, 0.25) is 5.91 Å². The maximum atomic E-state index is 11.6. The third-order valence-electron chi connectivity index (χ3n) is 2.33. The van der Waals surface area contributed by atoms with Crippen molar-refractivity contribution in [1.29, 1.82) is 0 Å². The topological polar surface area (TPSA) is 67.2 Å². The van der Waals surface area contributed by atoms with E-state index in [1.54, 1.807) is 6.21 Å². The van der Waals surface area contributed by atoms with Gasteiger partial charge in [0.1, 0.15) is 11.4 Å². The number of benzene rings is 1. The zero-order valence-corrected chi connectivity index (χ0v) is 11.8. The molecule has 1 aromatic heterocycles. The maximum Gasteiger partial charge on any atom is 0.250 e. The molecule has 0 aliphatic rings. The van der Waals surface area contributed by atoms with E-state index in [1.807, 2.05) is 43.3 Å². The minimum Gasteiger partial charge on any atom is -0.272 e. The molecule has 1 heterocycles. The number of hydrazone groups is 1. The Hall–Kier alpha value is -2.21. The molecule has 0 radical (unpaired) electrons. The Balaban J connectivity index is 1.77. The highest BCUT2D eigenvalue weighted by atomic mass is 32.2. The molecule has 2 aromatic rings. The monoisotopic (exact) mass is 286 g/mol. The minimum absolute atomic E-state index is 0.168. The van der Waals surface area contributed by atoms with Crippen LogP contribution < -0.4 is 5.43 Å². The van der Waals surface area contributed by atoms with Gasteiger partial charge in [-0.2, -0.15) is 5.10 Å². The van der Waals surface area contributed by atoms with Crippen molar-refractivity contribution >= 4 is 23.9 Å². The molecule has 1 N–H and O–H groups in total. The number of rotatable bonds is 5. The average molecular weight is 286 g/mol. The van der Waals surface area contributed by atoms with Crippen LogP contribution >= 0.6 is 11.8 Å². The van der Waals surface area contributed by atoms with Crippen LogP contribution in [-0.4, -0.2) is 27.8 Å². The van der Waals surface area contributed by atoms with Crippen LogP contribution in [0, 0.1) is 6.92 Å². The van der Waals surface area contributed by atoms with Gasteiger partial charge in [0.05, 0.1) is 12.0 Å². The number of aromatic nitrogens is 2. The molecule has 2 rings (SSSR count). The molecule has 0 spiro atoms. The standard InChI is InChI=1S/C14H14N4OS/c1-11-7-14(16-10-15-11)20-9-13(19)18-17-8-12-5-3-2-4-6-12/h2-8,10H,9H2,1H3,(H,18,19)/b17-8-. The van der Waals surface area contributed by atoms with Crippen LogP contribution in [0.4, 0.5) is 0 Å². The van der Waals surface area contributed by atoms with Crippen LogP contribution in [0.15, 0.2) is 52.9 Å². The van der Waals surface area contributed by atoms with Gasteiger partial charge in [-0.1, -0.05) is 42.1 Å². The third-order valence-corrected chi connectivity index (χ3v) is 3.26. The van der Waals surface area contributed by atoms with E-state index in [4.69, 9.17) is 0 Å². The van der Waals surface area contributed by atoms with E-state index in [1.165, 1.54) is 18.1 Å². The van der Waals surface area contributed by atoms with E-state index in [-0.39, 0.29) is 11.7 Å². The number of nitrogens with one attached hydrogen (secondary N) is 1. The quantitative estimate of drug-likeness (QED) is 0.395. The fourth-order valence-corrected chi connectivity index (χ4v) is 2.12. The molecule has 102 valence electrons. The summed E-state index contributed by atoms with van der Waals surface area (Å²) in [6.07, 6.45) is 3.10. The molecule has 1 amide bonds. The Bertz CT molecular complexity index is 601. The van der Waals surface area contributed by atoms with Crippen molar-refractivity contribution in [2.45, 2.75) is 11.9 Å². The van der Waals surface area contributed by atoms with Gasteiger partial charge in [0, 0.05) is 5.69 Å². The van der Waals surface area contributed by atoms with E-state index in [0.29, 0.717) is 0 Å². The van der Waals surface area contributed by atoms with Crippen molar-refractivity contribution in [3.8, 4) is 0 Å². The first-order valence-corrected chi connectivity index (χ1v) is 7.01. The molecular weight excluding hydrogens is 272 g/mol. The Morgan fingerprint density at radius 3 is 2.90 bits per heavy atom. The summed E-state index contributed by atoms with van der Waals surface area (Å²) in [6, 6.07) is 11.4. The van der Waals surface area contributed by atoms with E-state index in [2.05, 4.69) is 20.5 Å².